The van der Waals surface area contributed by atoms with Crippen molar-refractivity contribution in [3.8, 4) is 5.75 Å². The van der Waals surface area contributed by atoms with Gasteiger partial charge in [-0.2, -0.15) is 0 Å². The molecule has 0 radical (unpaired) electrons. The summed E-state index contributed by atoms with van der Waals surface area (Å²) in [5, 5.41) is 13.0. The van der Waals surface area contributed by atoms with E-state index in [9.17, 15) is 14.3 Å². The topological polar surface area (TPSA) is 52.6 Å². The van der Waals surface area contributed by atoms with Gasteiger partial charge in [-0.25, -0.2) is 4.39 Å². The molecule has 0 aliphatic carbocycles. The monoisotopic (exact) mass is 264 g/mol. The summed E-state index contributed by atoms with van der Waals surface area (Å²) in [4.78, 5) is 14.3. The van der Waals surface area contributed by atoms with E-state index in [0.717, 1.165) is 38.1 Å². The molecule has 2 heterocycles. The van der Waals surface area contributed by atoms with Crippen molar-refractivity contribution in [3.63, 3.8) is 0 Å². The molecule has 2 aliphatic rings. The molecule has 102 valence electrons. The fraction of sp³-hybridized carbons (Fsp3) is 0.500. The van der Waals surface area contributed by atoms with Crippen molar-refractivity contribution >= 4 is 5.91 Å². The van der Waals surface area contributed by atoms with E-state index in [1.54, 1.807) is 4.90 Å². The Labute approximate surface area is 111 Å². The van der Waals surface area contributed by atoms with Gasteiger partial charge in [-0.3, -0.25) is 4.79 Å². The van der Waals surface area contributed by atoms with Gasteiger partial charge in [0.25, 0.3) is 5.91 Å². The lowest BCUT2D eigenvalue weighted by atomic mass is 9.91. The number of halogens is 1. The average molecular weight is 264 g/mol. The molecule has 1 aromatic carbocycles. The standard InChI is InChI=1S/C14H17FN2O2/c15-10-3-4-13(18)11(6-10)14(19)17-5-1-2-9-7-16-8-12(9)17/h3-4,6,9,12,16,18H,1-2,5,7-8H2. The van der Waals surface area contributed by atoms with Crippen molar-refractivity contribution in [2.75, 3.05) is 19.6 Å². The first-order valence-electron chi connectivity index (χ1n) is 6.67. The van der Waals surface area contributed by atoms with Gasteiger partial charge in [-0.1, -0.05) is 0 Å². The van der Waals surface area contributed by atoms with Crippen LogP contribution >= 0.6 is 0 Å². The maximum atomic E-state index is 13.2. The van der Waals surface area contributed by atoms with Crippen LogP contribution in [0.2, 0.25) is 0 Å². The number of aromatic hydroxyl groups is 1. The number of amides is 1. The molecule has 5 heteroatoms. The second-order valence-corrected chi connectivity index (χ2v) is 5.29. The van der Waals surface area contributed by atoms with Crippen molar-refractivity contribution in [1.82, 2.24) is 10.2 Å². The highest BCUT2D eigenvalue weighted by molar-refractivity contribution is 5.97. The van der Waals surface area contributed by atoms with Gasteiger partial charge < -0.3 is 15.3 Å². The van der Waals surface area contributed by atoms with Crippen LogP contribution in [0.1, 0.15) is 23.2 Å². The summed E-state index contributed by atoms with van der Waals surface area (Å²) < 4.78 is 13.2. The maximum absolute atomic E-state index is 13.2. The van der Waals surface area contributed by atoms with E-state index in [4.69, 9.17) is 0 Å². The van der Waals surface area contributed by atoms with Crippen LogP contribution in [0.15, 0.2) is 18.2 Å². The number of fused-ring (bicyclic) bond motifs is 1. The average Bonchev–Trinajstić information content (AvgIpc) is 2.89. The lowest BCUT2D eigenvalue weighted by molar-refractivity contribution is 0.0571. The summed E-state index contributed by atoms with van der Waals surface area (Å²) in [6.45, 7) is 2.40. The summed E-state index contributed by atoms with van der Waals surface area (Å²) in [5.74, 6) is -0.442. The molecule has 19 heavy (non-hydrogen) atoms. The first-order valence-corrected chi connectivity index (χ1v) is 6.67. The number of hydrogen-bond donors (Lipinski definition) is 2. The molecule has 2 saturated heterocycles. The van der Waals surface area contributed by atoms with Gasteiger partial charge in [0.1, 0.15) is 11.6 Å². The summed E-state index contributed by atoms with van der Waals surface area (Å²) in [6.07, 6.45) is 2.08. The maximum Gasteiger partial charge on any atom is 0.258 e. The molecule has 0 saturated carbocycles. The second-order valence-electron chi connectivity index (χ2n) is 5.29. The zero-order valence-electron chi connectivity index (χ0n) is 10.6. The molecular formula is C14H17FN2O2. The van der Waals surface area contributed by atoms with Crippen molar-refractivity contribution < 1.29 is 14.3 Å². The number of phenolic OH excluding ortho intramolecular Hbond substituents is 1. The molecule has 0 bridgehead atoms. The molecule has 2 atom stereocenters. The third kappa shape index (κ3) is 2.18. The highest BCUT2D eigenvalue weighted by atomic mass is 19.1. The molecule has 1 amide bonds. The van der Waals surface area contributed by atoms with E-state index in [1.807, 2.05) is 0 Å². The number of carbonyl (C=O) groups is 1. The largest absolute Gasteiger partial charge is 0.507 e. The number of hydrogen-bond acceptors (Lipinski definition) is 3. The third-order valence-electron chi connectivity index (χ3n) is 4.13. The smallest absolute Gasteiger partial charge is 0.258 e. The Morgan fingerprint density at radius 1 is 1.42 bits per heavy atom. The molecular weight excluding hydrogens is 247 g/mol. The Kier molecular flexibility index (Phi) is 3.14. The van der Waals surface area contributed by atoms with Crippen LogP contribution in [0.5, 0.6) is 5.75 Å². The first kappa shape index (κ1) is 12.4. The van der Waals surface area contributed by atoms with Gasteiger partial charge in [0.15, 0.2) is 0 Å². The number of carbonyl (C=O) groups excluding carboxylic acids is 1. The highest BCUT2D eigenvalue weighted by Gasteiger charge is 2.38. The molecule has 0 aromatic heterocycles. The molecule has 2 fully saturated rings. The fourth-order valence-electron chi connectivity index (χ4n) is 3.15. The Hall–Kier alpha value is -1.62. The zero-order valence-corrected chi connectivity index (χ0v) is 10.6. The van der Waals surface area contributed by atoms with Crippen molar-refractivity contribution in [1.29, 1.82) is 0 Å². The van der Waals surface area contributed by atoms with Gasteiger partial charge in [-0.15, -0.1) is 0 Å². The normalized spacial score (nSPS) is 26.3. The third-order valence-corrected chi connectivity index (χ3v) is 4.13. The Morgan fingerprint density at radius 3 is 3.11 bits per heavy atom. The van der Waals surface area contributed by atoms with Gasteiger partial charge >= 0.3 is 0 Å². The Bertz CT molecular complexity index is 506. The number of nitrogens with one attached hydrogen (secondary N) is 1. The van der Waals surface area contributed by atoms with E-state index < -0.39 is 5.82 Å². The molecule has 3 rings (SSSR count). The number of piperidine rings is 1. The zero-order chi connectivity index (χ0) is 13.4. The van der Waals surface area contributed by atoms with Crippen LogP contribution < -0.4 is 5.32 Å². The number of nitrogens with zero attached hydrogens (tertiary/aromatic N) is 1. The van der Waals surface area contributed by atoms with Crippen molar-refractivity contribution in [3.05, 3.63) is 29.6 Å². The van der Waals surface area contributed by atoms with Gasteiger partial charge in [-0.05, 0) is 37.0 Å². The van der Waals surface area contributed by atoms with E-state index >= 15 is 0 Å². The minimum Gasteiger partial charge on any atom is -0.507 e. The Balaban J connectivity index is 1.88. The van der Waals surface area contributed by atoms with Crippen LogP contribution in [0.3, 0.4) is 0 Å². The first-order chi connectivity index (χ1) is 9.16. The van der Waals surface area contributed by atoms with Crippen LogP contribution in [0, 0.1) is 11.7 Å². The molecule has 0 spiro atoms. The molecule has 2 N–H and O–H groups in total. The lowest BCUT2D eigenvalue weighted by Crippen LogP contribution is -2.48. The number of benzene rings is 1. The van der Waals surface area contributed by atoms with E-state index in [2.05, 4.69) is 5.32 Å². The van der Waals surface area contributed by atoms with E-state index in [0.29, 0.717) is 12.5 Å². The van der Waals surface area contributed by atoms with Crippen LogP contribution in [0.25, 0.3) is 0 Å². The molecule has 2 unspecified atom stereocenters. The van der Waals surface area contributed by atoms with Crippen LogP contribution in [-0.4, -0.2) is 41.6 Å². The molecule has 2 aliphatic heterocycles. The number of likely N-dealkylation sites (tertiary alicyclic amines) is 1. The summed E-state index contributed by atoms with van der Waals surface area (Å²) in [6, 6.07) is 3.67. The van der Waals surface area contributed by atoms with Crippen molar-refractivity contribution in [2.24, 2.45) is 5.92 Å². The summed E-state index contributed by atoms with van der Waals surface area (Å²) in [7, 11) is 0. The predicted molar refractivity (Wildman–Crippen MR) is 68.5 cm³/mol. The number of phenols is 1. The molecule has 1 aromatic rings. The van der Waals surface area contributed by atoms with Gasteiger partial charge in [0, 0.05) is 25.7 Å². The minimum absolute atomic E-state index is 0.0625. The number of rotatable bonds is 1. The van der Waals surface area contributed by atoms with E-state index in [-0.39, 0.29) is 23.3 Å². The second kappa shape index (κ2) is 4.81. The molecule has 4 nitrogen and oxygen atoms in total. The van der Waals surface area contributed by atoms with Gasteiger partial charge in [0.05, 0.1) is 5.56 Å². The summed E-state index contributed by atoms with van der Waals surface area (Å²) >= 11 is 0. The van der Waals surface area contributed by atoms with Crippen molar-refractivity contribution in [2.45, 2.75) is 18.9 Å². The SMILES string of the molecule is O=C(c1cc(F)ccc1O)N1CCCC2CNCC21. The van der Waals surface area contributed by atoms with Gasteiger partial charge in [0.2, 0.25) is 0 Å². The fourth-order valence-corrected chi connectivity index (χ4v) is 3.15. The van der Waals surface area contributed by atoms with Crippen LogP contribution in [0.4, 0.5) is 4.39 Å². The van der Waals surface area contributed by atoms with E-state index in [1.165, 1.54) is 6.07 Å². The lowest BCUT2D eigenvalue weighted by Gasteiger charge is -2.37. The highest BCUT2D eigenvalue weighted by Crippen LogP contribution is 2.29. The quantitative estimate of drug-likeness (QED) is 0.805. The van der Waals surface area contributed by atoms with Crippen LogP contribution in [-0.2, 0) is 0 Å². The minimum atomic E-state index is -0.501. The summed E-state index contributed by atoms with van der Waals surface area (Å²) in [5.41, 5.74) is 0.0625. The Morgan fingerprint density at radius 2 is 2.26 bits per heavy atom. The predicted octanol–water partition coefficient (Wildman–Crippen LogP) is 1.36.